The SMILES string of the molecule is COC(=O)c1sccc1NC(=O)Cc1csc(COc2ccc(Cl)cc2)n1. The van der Waals surface area contributed by atoms with Crippen LogP contribution >= 0.6 is 34.3 Å². The molecule has 0 spiro atoms. The van der Waals surface area contributed by atoms with Crippen molar-refractivity contribution in [3.05, 3.63) is 61.7 Å². The van der Waals surface area contributed by atoms with E-state index in [9.17, 15) is 9.59 Å². The molecule has 0 atom stereocenters. The second-order valence-corrected chi connectivity index (χ2v) is 7.65. The Bertz CT molecular complexity index is 937. The highest BCUT2D eigenvalue weighted by Gasteiger charge is 2.16. The normalized spacial score (nSPS) is 10.4. The van der Waals surface area contributed by atoms with Gasteiger partial charge in [-0.2, -0.15) is 0 Å². The van der Waals surface area contributed by atoms with Gasteiger partial charge in [0.2, 0.25) is 5.91 Å². The summed E-state index contributed by atoms with van der Waals surface area (Å²) in [4.78, 5) is 28.6. The van der Waals surface area contributed by atoms with E-state index in [2.05, 4.69) is 10.3 Å². The van der Waals surface area contributed by atoms with E-state index in [1.54, 1.807) is 35.7 Å². The number of amides is 1. The molecular formula is C18H15ClN2O4S2. The molecule has 3 aromatic rings. The molecule has 140 valence electrons. The second kappa shape index (κ2) is 8.98. The Hall–Kier alpha value is -2.42. The third-order valence-electron chi connectivity index (χ3n) is 3.43. The van der Waals surface area contributed by atoms with Crippen LogP contribution in [0.1, 0.15) is 20.4 Å². The second-order valence-electron chi connectivity index (χ2n) is 5.36. The molecule has 0 radical (unpaired) electrons. The van der Waals surface area contributed by atoms with Gasteiger partial charge < -0.3 is 14.8 Å². The number of thiazole rings is 1. The van der Waals surface area contributed by atoms with Crippen LogP contribution in [0.5, 0.6) is 5.75 Å². The van der Waals surface area contributed by atoms with Gasteiger partial charge in [-0.3, -0.25) is 4.79 Å². The van der Waals surface area contributed by atoms with Gasteiger partial charge >= 0.3 is 5.97 Å². The number of rotatable bonds is 7. The van der Waals surface area contributed by atoms with Crippen molar-refractivity contribution in [2.24, 2.45) is 0 Å². The minimum atomic E-state index is -0.476. The fraction of sp³-hybridized carbons (Fsp3) is 0.167. The number of hydrogen-bond donors (Lipinski definition) is 1. The highest BCUT2D eigenvalue weighted by atomic mass is 35.5. The van der Waals surface area contributed by atoms with Crippen LogP contribution in [0.3, 0.4) is 0 Å². The molecule has 1 amide bonds. The Labute approximate surface area is 168 Å². The van der Waals surface area contributed by atoms with E-state index in [0.717, 1.165) is 5.01 Å². The van der Waals surface area contributed by atoms with Gasteiger partial charge in [-0.1, -0.05) is 11.6 Å². The average molecular weight is 423 g/mol. The topological polar surface area (TPSA) is 77.5 Å². The van der Waals surface area contributed by atoms with Crippen LogP contribution in [0, 0.1) is 0 Å². The van der Waals surface area contributed by atoms with Crippen molar-refractivity contribution in [1.29, 1.82) is 0 Å². The van der Waals surface area contributed by atoms with Crippen LogP contribution in [-0.2, 0) is 22.6 Å². The van der Waals surface area contributed by atoms with Crippen molar-refractivity contribution in [2.45, 2.75) is 13.0 Å². The Kier molecular flexibility index (Phi) is 6.44. The fourth-order valence-corrected chi connectivity index (χ4v) is 3.79. The molecule has 27 heavy (non-hydrogen) atoms. The summed E-state index contributed by atoms with van der Waals surface area (Å²) >= 11 is 8.47. The molecule has 0 aliphatic heterocycles. The van der Waals surface area contributed by atoms with Crippen LogP contribution in [0.2, 0.25) is 5.02 Å². The number of halogens is 1. The summed E-state index contributed by atoms with van der Waals surface area (Å²) in [5, 5.41) is 7.66. The van der Waals surface area contributed by atoms with Gasteiger partial charge in [0.1, 0.15) is 22.2 Å². The zero-order valence-corrected chi connectivity index (χ0v) is 16.6. The summed E-state index contributed by atoms with van der Waals surface area (Å²) in [6, 6.07) is 8.73. The van der Waals surface area contributed by atoms with E-state index in [4.69, 9.17) is 21.1 Å². The lowest BCUT2D eigenvalue weighted by Gasteiger charge is -2.05. The Morgan fingerprint density at radius 3 is 2.70 bits per heavy atom. The third kappa shape index (κ3) is 5.29. The van der Waals surface area contributed by atoms with E-state index >= 15 is 0 Å². The molecule has 1 N–H and O–H groups in total. The summed E-state index contributed by atoms with van der Waals surface area (Å²) in [6.07, 6.45) is 0.105. The molecule has 1 aromatic carbocycles. The van der Waals surface area contributed by atoms with Gasteiger partial charge in [0.15, 0.2) is 0 Å². The van der Waals surface area contributed by atoms with E-state index in [-0.39, 0.29) is 12.3 Å². The summed E-state index contributed by atoms with van der Waals surface area (Å²) in [5.74, 6) is -0.0358. The van der Waals surface area contributed by atoms with Gasteiger partial charge in [-0.05, 0) is 35.7 Å². The first-order valence-corrected chi connectivity index (χ1v) is 9.96. The first-order chi connectivity index (χ1) is 13.0. The predicted octanol–water partition coefficient (Wildman–Crippen LogP) is 4.40. The van der Waals surface area contributed by atoms with Crippen molar-refractivity contribution in [1.82, 2.24) is 4.98 Å². The molecule has 2 aromatic heterocycles. The third-order valence-corrected chi connectivity index (χ3v) is 5.44. The minimum Gasteiger partial charge on any atom is -0.486 e. The lowest BCUT2D eigenvalue weighted by atomic mass is 10.3. The van der Waals surface area contributed by atoms with Crippen LogP contribution in [0.15, 0.2) is 41.1 Å². The van der Waals surface area contributed by atoms with Crippen molar-refractivity contribution in [3.63, 3.8) is 0 Å². The Balaban J connectivity index is 1.54. The van der Waals surface area contributed by atoms with E-state index in [0.29, 0.717) is 33.6 Å². The Morgan fingerprint density at radius 2 is 1.96 bits per heavy atom. The zero-order chi connectivity index (χ0) is 19.2. The molecule has 0 aliphatic carbocycles. The zero-order valence-electron chi connectivity index (χ0n) is 14.2. The highest BCUT2D eigenvalue weighted by molar-refractivity contribution is 7.12. The van der Waals surface area contributed by atoms with E-state index in [1.807, 2.05) is 5.38 Å². The number of esters is 1. The van der Waals surface area contributed by atoms with Gasteiger partial charge in [0, 0.05) is 10.4 Å². The highest BCUT2D eigenvalue weighted by Crippen LogP contribution is 2.23. The summed E-state index contributed by atoms with van der Waals surface area (Å²) in [6.45, 7) is 0.310. The molecule has 3 rings (SSSR count). The number of nitrogens with zero attached hydrogens (tertiary/aromatic N) is 1. The van der Waals surface area contributed by atoms with E-state index in [1.165, 1.54) is 29.8 Å². The monoisotopic (exact) mass is 422 g/mol. The van der Waals surface area contributed by atoms with Crippen molar-refractivity contribution >= 4 is 51.8 Å². The molecule has 9 heteroatoms. The number of carbonyl (C=O) groups excluding carboxylic acids is 2. The first kappa shape index (κ1) is 19.3. The molecule has 0 aliphatic rings. The van der Waals surface area contributed by atoms with Crippen LogP contribution in [0.25, 0.3) is 0 Å². The van der Waals surface area contributed by atoms with E-state index < -0.39 is 5.97 Å². The molecule has 0 fully saturated rings. The van der Waals surface area contributed by atoms with Gasteiger partial charge in [0.25, 0.3) is 0 Å². The number of ether oxygens (including phenoxy) is 2. The molecular weight excluding hydrogens is 408 g/mol. The summed E-state index contributed by atoms with van der Waals surface area (Å²) in [7, 11) is 1.30. The largest absolute Gasteiger partial charge is 0.486 e. The number of thiophene rings is 1. The number of aromatic nitrogens is 1. The van der Waals surface area contributed by atoms with Crippen LogP contribution in [0.4, 0.5) is 5.69 Å². The number of methoxy groups -OCH3 is 1. The average Bonchev–Trinajstić information content (AvgIpc) is 3.30. The molecule has 0 unspecified atom stereocenters. The molecule has 0 saturated carbocycles. The van der Waals surface area contributed by atoms with Gasteiger partial charge in [-0.25, -0.2) is 9.78 Å². The van der Waals surface area contributed by atoms with Crippen molar-refractivity contribution < 1.29 is 19.1 Å². The summed E-state index contributed by atoms with van der Waals surface area (Å²) in [5.41, 5.74) is 1.08. The van der Waals surface area contributed by atoms with Crippen LogP contribution < -0.4 is 10.1 Å². The number of benzene rings is 1. The maximum Gasteiger partial charge on any atom is 0.350 e. The lowest BCUT2D eigenvalue weighted by molar-refractivity contribution is -0.115. The lowest BCUT2D eigenvalue weighted by Crippen LogP contribution is -2.16. The quantitative estimate of drug-likeness (QED) is 0.571. The van der Waals surface area contributed by atoms with Gasteiger partial charge in [0.05, 0.1) is 24.9 Å². The minimum absolute atomic E-state index is 0.105. The Morgan fingerprint density at radius 1 is 1.19 bits per heavy atom. The number of carbonyl (C=O) groups is 2. The number of anilines is 1. The molecule has 0 saturated heterocycles. The van der Waals surface area contributed by atoms with Crippen molar-refractivity contribution in [3.8, 4) is 5.75 Å². The maximum absolute atomic E-state index is 12.2. The first-order valence-electron chi connectivity index (χ1n) is 7.82. The smallest absolute Gasteiger partial charge is 0.350 e. The van der Waals surface area contributed by atoms with Crippen molar-refractivity contribution in [2.75, 3.05) is 12.4 Å². The van der Waals surface area contributed by atoms with Gasteiger partial charge in [-0.15, -0.1) is 22.7 Å². The molecule has 6 nitrogen and oxygen atoms in total. The number of nitrogens with one attached hydrogen (secondary N) is 1. The standard InChI is InChI=1S/C18H15ClN2O4S2/c1-24-18(23)17-14(6-7-26-17)21-15(22)8-12-10-27-16(20-12)9-25-13-4-2-11(19)3-5-13/h2-7,10H,8-9H2,1H3,(H,21,22). The van der Waals surface area contributed by atoms with Crippen LogP contribution in [-0.4, -0.2) is 24.0 Å². The maximum atomic E-state index is 12.2. The predicted molar refractivity (Wildman–Crippen MR) is 106 cm³/mol. The number of hydrogen-bond acceptors (Lipinski definition) is 7. The molecule has 0 bridgehead atoms. The summed E-state index contributed by atoms with van der Waals surface area (Å²) < 4.78 is 10.3. The fourth-order valence-electron chi connectivity index (χ4n) is 2.19. The molecule has 2 heterocycles.